The molecule has 0 saturated carbocycles. The van der Waals surface area contributed by atoms with Gasteiger partial charge in [-0.3, -0.25) is 4.79 Å². The summed E-state index contributed by atoms with van der Waals surface area (Å²) >= 11 is 5.82. The summed E-state index contributed by atoms with van der Waals surface area (Å²) in [5.74, 6) is 0.00378. The first-order valence-electron chi connectivity index (χ1n) is 6.14. The quantitative estimate of drug-likeness (QED) is 0.617. The molecule has 0 aliphatic carbocycles. The number of hydrogen-bond acceptors (Lipinski definition) is 3. The van der Waals surface area contributed by atoms with Crippen molar-refractivity contribution in [2.24, 2.45) is 0 Å². The smallest absolute Gasteiger partial charge is 0.224 e. The van der Waals surface area contributed by atoms with Gasteiger partial charge in [0, 0.05) is 12.5 Å². The fourth-order valence-electron chi connectivity index (χ4n) is 1.49. The van der Waals surface area contributed by atoms with E-state index >= 15 is 0 Å². The molecule has 100 valence electrons. The third kappa shape index (κ3) is 5.47. The second-order valence-corrected chi connectivity index (χ2v) is 4.95. The number of aryl methyl sites for hydroxylation is 1. The van der Waals surface area contributed by atoms with E-state index in [0.29, 0.717) is 23.3 Å². The van der Waals surface area contributed by atoms with Crippen molar-refractivity contribution in [3.05, 3.63) is 23.0 Å². The van der Waals surface area contributed by atoms with Crippen LogP contribution in [-0.4, -0.2) is 23.5 Å². The largest absolute Gasteiger partial charge is 0.325 e. The second kappa shape index (κ2) is 7.34. The van der Waals surface area contributed by atoms with Crippen LogP contribution in [0, 0.1) is 6.92 Å². The number of pyridine rings is 1. The summed E-state index contributed by atoms with van der Waals surface area (Å²) in [5, 5.41) is 6.55. The Balaban J connectivity index is 2.33. The lowest BCUT2D eigenvalue weighted by molar-refractivity contribution is -0.116. The van der Waals surface area contributed by atoms with E-state index in [2.05, 4.69) is 29.5 Å². The second-order valence-electron chi connectivity index (χ2n) is 4.59. The van der Waals surface area contributed by atoms with E-state index in [1.807, 2.05) is 13.0 Å². The molecule has 5 heteroatoms. The summed E-state index contributed by atoms with van der Waals surface area (Å²) in [6.07, 6.45) is 2.89. The zero-order chi connectivity index (χ0) is 13.5. The average Bonchev–Trinajstić information content (AvgIpc) is 2.29. The zero-order valence-electron chi connectivity index (χ0n) is 11.1. The molecule has 1 aromatic heterocycles. The number of hydrogen-bond donors (Lipinski definition) is 2. The van der Waals surface area contributed by atoms with E-state index in [4.69, 9.17) is 11.6 Å². The van der Waals surface area contributed by atoms with Gasteiger partial charge in [0.2, 0.25) is 5.91 Å². The predicted octanol–water partition coefficient (Wildman–Crippen LogP) is 2.76. The Morgan fingerprint density at radius 1 is 1.50 bits per heavy atom. The highest BCUT2D eigenvalue weighted by Gasteiger charge is 2.04. The summed E-state index contributed by atoms with van der Waals surface area (Å²) in [6, 6.07) is 2.27. The zero-order valence-corrected chi connectivity index (χ0v) is 11.8. The van der Waals surface area contributed by atoms with E-state index < -0.39 is 0 Å². The molecule has 1 heterocycles. The number of nitrogens with zero attached hydrogens (tertiary/aromatic N) is 1. The Labute approximate surface area is 113 Å². The van der Waals surface area contributed by atoms with Crippen LogP contribution in [0.25, 0.3) is 0 Å². The molecular weight excluding hydrogens is 250 g/mol. The highest BCUT2D eigenvalue weighted by Crippen LogP contribution is 2.16. The van der Waals surface area contributed by atoms with E-state index in [1.54, 1.807) is 6.20 Å². The molecule has 2 N–H and O–H groups in total. The molecule has 0 saturated heterocycles. The molecular formula is C13H20ClN3O. The minimum atomic E-state index is 0.00378. The molecule has 0 bridgehead atoms. The fraction of sp³-hybridized carbons (Fsp3) is 0.538. The molecule has 0 atom stereocenters. The maximum absolute atomic E-state index is 11.7. The maximum atomic E-state index is 11.7. The number of amides is 1. The lowest BCUT2D eigenvalue weighted by atomic mass is 10.2. The Morgan fingerprint density at radius 2 is 2.22 bits per heavy atom. The molecule has 18 heavy (non-hydrogen) atoms. The highest BCUT2D eigenvalue weighted by atomic mass is 35.5. The molecule has 0 aliphatic rings. The Hall–Kier alpha value is -1.13. The molecule has 1 amide bonds. The lowest BCUT2D eigenvalue weighted by Crippen LogP contribution is -2.24. The first kappa shape index (κ1) is 14.9. The van der Waals surface area contributed by atoms with Gasteiger partial charge in [-0.05, 0) is 31.5 Å². The molecule has 1 rings (SSSR count). The normalized spacial score (nSPS) is 10.7. The van der Waals surface area contributed by atoms with Gasteiger partial charge in [-0.25, -0.2) is 4.98 Å². The van der Waals surface area contributed by atoms with Gasteiger partial charge in [0.1, 0.15) is 5.15 Å². The average molecular weight is 270 g/mol. The minimum Gasteiger partial charge on any atom is -0.325 e. The summed E-state index contributed by atoms with van der Waals surface area (Å²) < 4.78 is 0. The van der Waals surface area contributed by atoms with Crippen molar-refractivity contribution in [3.63, 3.8) is 0 Å². The Morgan fingerprint density at radius 3 is 2.83 bits per heavy atom. The van der Waals surface area contributed by atoms with Crippen LogP contribution in [0.15, 0.2) is 12.3 Å². The summed E-state index contributed by atoms with van der Waals surface area (Å²) in [6.45, 7) is 6.88. The van der Waals surface area contributed by atoms with Crippen molar-refractivity contribution in [1.82, 2.24) is 10.3 Å². The fourth-order valence-corrected chi connectivity index (χ4v) is 1.59. The van der Waals surface area contributed by atoms with E-state index in [1.165, 1.54) is 0 Å². The van der Waals surface area contributed by atoms with Crippen LogP contribution in [0.4, 0.5) is 5.69 Å². The van der Waals surface area contributed by atoms with Crippen molar-refractivity contribution in [3.8, 4) is 0 Å². The third-order valence-corrected chi connectivity index (χ3v) is 2.83. The number of aromatic nitrogens is 1. The Bertz CT molecular complexity index is 407. The van der Waals surface area contributed by atoms with E-state index in [-0.39, 0.29) is 5.91 Å². The van der Waals surface area contributed by atoms with Gasteiger partial charge in [0.15, 0.2) is 0 Å². The van der Waals surface area contributed by atoms with Crippen molar-refractivity contribution in [1.29, 1.82) is 0 Å². The monoisotopic (exact) mass is 269 g/mol. The SMILES string of the molecule is Cc1cc(NC(=O)CCCNC(C)C)cnc1Cl. The molecule has 0 radical (unpaired) electrons. The molecule has 0 unspecified atom stereocenters. The van der Waals surface area contributed by atoms with Crippen molar-refractivity contribution in [2.45, 2.75) is 39.7 Å². The number of nitrogens with one attached hydrogen (secondary N) is 2. The van der Waals surface area contributed by atoms with Gasteiger partial charge >= 0.3 is 0 Å². The first-order valence-corrected chi connectivity index (χ1v) is 6.52. The number of carbonyl (C=O) groups excluding carboxylic acids is 1. The summed E-state index contributed by atoms with van der Waals surface area (Å²) in [5.41, 5.74) is 1.55. The van der Waals surface area contributed by atoms with Crippen LogP contribution >= 0.6 is 11.6 Å². The molecule has 1 aromatic rings. The number of carbonyl (C=O) groups is 1. The number of anilines is 1. The van der Waals surface area contributed by atoms with Gasteiger partial charge in [-0.1, -0.05) is 25.4 Å². The molecule has 0 spiro atoms. The third-order valence-electron chi connectivity index (χ3n) is 2.43. The van der Waals surface area contributed by atoms with Gasteiger partial charge < -0.3 is 10.6 Å². The topological polar surface area (TPSA) is 54.0 Å². The number of rotatable bonds is 6. The van der Waals surface area contributed by atoms with Crippen LogP contribution < -0.4 is 10.6 Å². The van der Waals surface area contributed by atoms with Gasteiger partial charge in [-0.15, -0.1) is 0 Å². The first-order chi connectivity index (χ1) is 8.49. The van der Waals surface area contributed by atoms with Gasteiger partial charge in [-0.2, -0.15) is 0 Å². The van der Waals surface area contributed by atoms with Crippen LogP contribution in [0.3, 0.4) is 0 Å². The van der Waals surface area contributed by atoms with Crippen molar-refractivity contribution >= 4 is 23.2 Å². The summed E-state index contributed by atoms with van der Waals surface area (Å²) in [7, 11) is 0. The van der Waals surface area contributed by atoms with Crippen LogP contribution in [0.5, 0.6) is 0 Å². The van der Waals surface area contributed by atoms with Crippen LogP contribution in [-0.2, 0) is 4.79 Å². The number of halogens is 1. The van der Waals surface area contributed by atoms with Crippen molar-refractivity contribution in [2.75, 3.05) is 11.9 Å². The standard InChI is InChI=1S/C13H20ClN3O/c1-9(2)15-6-4-5-12(18)17-11-7-10(3)13(14)16-8-11/h7-9,15H,4-6H2,1-3H3,(H,17,18). The van der Waals surface area contributed by atoms with E-state index in [9.17, 15) is 4.79 Å². The van der Waals surface area contributed by atoms with Gasteiger partial charge in [0.05, 0.1) is 11.9 Å². The molecule has 0 aliphatic heterocycles. The predicted molar refractivity (Wildman–Crippen MR) is 75.0 cm³/mol. The highest BCUT2D eigenvalue weighted by molar-refractivity contribution is 6.30. The molecule has 0 fully saturated rings. The molecule has 4 nitrogen and oxygen atoms in total. The van der Waals surface area contributed by atoms with Crippen molar-refractivity contribution < 1.29 is 4.79 Å². The van der Waals surface area contributed by atoms with Crippen LogP contribution in [0.1, 0.15) is 32.3 Å². The minimum absolute atomic E-state index is 0.00378. The van der Waals surface area contributed by atoms with Crippen LogP contribution in [0.2, 0.25) is 5.15 Å². The summed E-state index contributed by atoms with van der Waals surface area (Å²) in [4.78, 5) is 15.6. The van der Waals surface area contributed by atoms with Gasteiger partial charge in [0.25, 0.3) is 0 Å². The molecule has 0 aromatic carbocycles. The maximum Gasteiger partial charge on any atom is 0.224 e. The lowest BCUT2D eigenvalue weighted by Gasteiger charge is -2.08. The Kier molecular flexibility index (Phi) is 6.09. The van der Waals surface area contributed by atoms with E-state index in [0.717, 1.165) is 18.5 Å².